The zero-order valence-corrected chi connectivity index (χ0v) is 10.4. The van der Waals surface area contributed by atoms with Gasteiger partial charge in [-0.25, -0.2) is 4.39 Å². The Morgan fingerprint density at radius 1 is 1.05 bits per heavy atom. The monoisotopic (exact) mass is 271 g/mol. The van der Waals surface area contributed by atoms with Gasteiger partial charge in [-0.2, -0.15) is 10.5 Å². The highest BCUT2D eigenvalue weighted by Gasteiger charge is 2.06. The Hall–Kier alpha value is -2.56. The highest BCUT2D eigenvalue weighted by atomic mass is 35.5. The van der Waals surface area contributed by atoms with Gasteiger partial charge in [0.05, 0.1) is 27.9 Å². The van der Waals surface area contributed by atoms with E-state index in [-0.39, 0.29) is 11.3 Å². The summed E-state index contributed by atoms with van der Waals surface area (Å²) in [5, 5.41) is 20.5. The van der Waals surface area contributed by atoms with Gasteiger partial charge in [0.25, 0.3) is 0 Å². The summed E-state index contributed by atoms with van der Waals surface area (Å²) in [6.45, 7) is 0. The van der Waals surface area contributed by atoms with Crippen molar-refractivity contribution in [2.75, 3.05) is 5.32 Å². The molecule has 0 aliphatic carbocycles. The maximum absolute atomic E-state index is 13.7. The van der Waals surface area contributed by atoms with E-state index in [1.807, 2.05) is 12.1 Å². The van der Waals surface area contributed by atoms with E-state index in [2.05, 4.69) is 5.32 Å². The molecule has 0 spiro atoms. The van der Waals surface area contributed by atoms with Crippen LogP contribution in [0.2, 0.25) is 5.02 Å². The number of hydrogen-bond donors (Lipinski definition) is 1. The summed E-state index contributed by atoms with van der Waals surface area (Å²) < 4.78 is 13.7. The fourth-order valence-corrected chi connectivity index (χ4v) is 1.75. The average molecular weight is 272 g/mol. The minimum Gasteiger partial charge on any atom is -0.353 e. The van der Waals surface area contributed by atoms with Crippen LogP contribution in [0.1, 0.15) is 11.1 Å². The van der Waals surface area contributed by atoms with E-state index >= 15 is 0 Å². The first-order valence-electron chi connectivity index (χ1n) is 5.30. The lowest BCUT2D eigenvalue weighted by molar-refractivity contribution is 0.631. The van der Waals surface area contributed by atoms with Crippen LogP contribution in [-0.2, 0) is 0 Å². The summed E-state index contributed by atoms with van der Waals surface area (Å²) in [6.07, 6.45) is 0. The van der Waals surface area contributed by atoms with Crippen molar-refractivity contribution in [1.29, 1.82) is 10.5 Å². The third kappa shape index (κ3) is 2.82. The van der Waals surface area contributed by atoms with Gasteiger partial charge in [-0.15, -0.1) is 0 Å². The van der Waals surface area contributed by atoms with Crippen LogP contribution >= 0.6 is 11.6 Å². The molecule has 0 heterocycles. The molecule has 1 N–H and O–H groups in total. The van der Waals surface area contributed by atoms with Crippen LogP contribution in [0.4, 0.5) is 15.8 Å². The summed E-state index contributed by atoms with van der Waals surface area (Å²) in [7, 11) is 0. The van der Waals surface area contributed by atoms with Crippen LogP contribution in [-0.4, -0.2) is 0 Å². The fourth-order valence-electron chi connectivity index (χ4n) is 1.53. The number of rotatable bonds is 2. The van der Waals surface area contributed by atoms with E-state index in [1.54, 1.807) is 12.1 Å². The first-order chi connectivity index (χ1) is 9.13. The topological polar surface area (TPSA) is 59.6 Å². The van der Waals surface area contributed by atoms with Crippen LogP contribution in [0.5, 0.6) is 0 Å². The minimum absolute atomic E-state index is 0.236. The molecule has 0 saturated heterocycles. The molecule has 0 aliphatic heterocycles. The highest BCUT2D eigenvalue weighted by Crippen LogP contribution is 2.25. The Morgan fingerprint density at radius 3 is 2.42 bits per heavy atom. The van der Waals surface area contributed by atoms with Crippen LogP contribution < -0.4 is 5.32 Å². The number of nitrogens with zero attached hydrogens (tertiary/aromatic N) is 2. The average Bonchev–Trinajstić information content (AvgIpc) is 2.41. The zero-order chi connectivity index (χ0) is 13.8. The van der Waals surface area contributed by atoms with Gasteiger partial charge < -0.3 is 5.32 Å². The summed E-state index contributed by atoms with van der Waals surface area (Å²) in [5.41, 5.74) is 1.40. The Labute approximate surface area is 114 Å². The molecule has 2 rings (SSSR count). The van der Waals surface area contributed by atoms with E-state index in [0.29, 0.717) is 16.3 Å². The lowest BCUT2D eigenvalue weighted by atomic mass is 10.2. The molecule has 0 saturated carbocycles. The molecule has 0 atom stereocenters. The molecule has 0 aliphatic rings. The maximum Gasteiger partial charge on any atom is 0.147 e. The molecule has 2 aromatic rings. The van der Waals surface area contributed by atoms with Gasteiger partial charge in [0.2, 0.25) is 0 Å². The number of hydrogen-bond acceptors (Lipinski definition) is 3. The predicted octanol–water partition coefficient (Wildman–Crippen LogP) is 3.97. The SMILES string of the molecule is N#Cc1ccc(Nc2ccc(C#N)c(Cl)c2)c(F)c1. The number of halogens is 2. The summed E-state index contributed by atoms with van der Waals surface area (Å²) in [4.78, 5) is 0. The molecular formula is C14H7ClFN3. The molecule has 2 aromatic carbocycles. The molecule has 0 unspecified atom stereocenters. The summed E-state index contributed by atoms with van der Waals surface area (Å²) >= 11 is 5.88. The molecule has 0 fully saturated rings. The summed E-state index contributed by atoms with van der Waals surface area (Å²) in [5.74, 6) is -0.528. The Kier molecular flexibility index (Phi) is 3.66. The molecule has 92 valence electrons. The predicted molar refractivity (Wildman–Crippen MR) is 70.6 cm³/mol. The lowest BCUT2D eigenvalue weighted by Crippen LogP contribution is -1.94. The van der Waals surface area contributed by atoms with Gasteiger partial charge in [0, 0.05) is 5.69 Å². The van der Waals surface area contributed by atoms with E-state index in [4.69, 9.17) is 22.1 Å². The van der Waals surface area contributed by atoms with Gasteiger partial charge in [-0.1, -0.05) is 11.6 Å². The van der Waals surface area contributed by atoms with Crippen molar-refractivity contribution in [3.63, 3.8) is 0 Å². The molecule has 5 heteroatoms. The van der Waals surface area contributed by atoms with Crippen molar-refractivity contribution in [3.05, 3.63) is 58.4 Å². The number of nitriles is 2. The van der Waals surface area contributed by atoms with Gasteiger partial charge in [0.15, 0.2) is 0 Å². The molecule has 3 nitrogen and oxygen atoms in total. The second-order valence-electron chi connectivity index (χ2n) is 3.74. The van der Waals surface area contributed by atoms with Crippen molar-refractivity contribution in [2.24, 2.45) is 0 Å². The van der Waals surface area contributed by atoms with Crippen LogP contribution in [0, 0.1) is 28.5 Å². The van der Waals surface area contributed by atoms with Gasteiger partial charge in [-0.3, -0.25) is 0 Å². The van der Waals surface area contributed by atoms with Gasteiger partial charge in [-0.05, 0) is 36.4 Å². The standard InChI is InChI=1S/C14H7ClFN3/c15-12-6-11(3-2-10(12)8-18)19-14-4-1-9(7-17)5-13(14)16/h1-6,19H. The maximum atomic E-state index is 13.7. The molecule has 19 heavy (non-hydrogen) atoms. The van der Waals surface area contributed by atoms with E-state index in [1.165, 1.54) is 18.2 Å². The van der Waals surface area contributed by atoms with Crippen molar-refractivity contribution in [1.82, 2.24) is 0 Å². The highest BCUT2D eigenvalue weighted by molar-refractivity contribution is 6.32. The van der Waals surface area contributed by atoms with Crippen LogP contribution in [0.25, 0.3) is 0 Å². The Balaban J connectivity index is 2.30. The lowest BCUT2D eigenvalue weighted by Gasteiger charge is -2.08. The summed E-state index contributed by atoms with van der Waals surface area (Å²) in [6, 6.07) is 12.6. The smallest absolute Gasteiger partial charge is 0.147 e. The number of anilines is 2. The molecule has 0 bridgehead atoms. The van der Waals surface area contributed by atoms with Crippen LogP contribution in [0.15, 0.2) is 36.4 Å². The van der Waals surface area contributed by atoms with Crippen LogP contribution in [0.3, 0.4) is 0 Å². The number of benzene rings is 2. The van der Waals surface area contributed by atoms with Crippen molar-refractivity contribution in [2.45, 2.75) is 0 Å². The largest absolute Gasteiger partial charge is 0.353 e. The quantitative estimate of drug-likeness (QED) is 0.899. The third-order valence-electron chi connectivity index (χ3n) is 2.47. The van der Waals surface area contributed by atoms with Gasteiger partial charge in [0.1, 0.15) is 11.9 Å². The second-order valence-corrected chi connectivity index (χ2v) is 4.15. The number of nitrogens with one attached hydrogen (secondary N) is 1. The molecule has 0 amide bonds. The van der Waals surface area contributed by atoms with E-state index in [0.717, 1.165) is 6.07 Å². The fraction of sp³-hybridized carbons (Fsp3) is 0. The second kappa shape index (κ2) is 5.39. The van der Waals surface area contributed by atoms with Crippen molar-refractivity contribution < 1.29 is 4.39 Å². The third-order valence-corrected chi connectivity index (χ3v) is 2.78. The van der Waals surface area contributed by atoms with E-state index < -0.39 is 5.82 Å². The first-order valence-corrected chi connectivity index (χ1v) is 5.68. The van der Waals surface area contributed by atoms with Crippen molar-refractivity contribution in [3.8, 4) is 12.1 Å². The normalized spacial score (nSPS) is 9.47. The Morgan fingerprint density at radius 2 is 1.84 bits per heavy atom. The first kappa shape index (κ1) is 12.9. The molecule has 0 aromatic heterocycles. The molecular weight excluding hydrogens is 265 g/mol. The van der Waals surface area contributed by atoms with Crippen molar-refractivity contribution >= 4 is 23.0 Å². The zero-order valence-electron chi connectivity index (χ0n) is 9.61. The molecule has 0 radical (unpaired) electrons. The minimum atomic E-state index is -0.528. The van der Waals surface area contributed by atoms with Gasteiger partial charge >= 0.3 is 0 Å². The van der Waals surface area contributed by atoms with E-state index in [9.17, 15) is 4.39 Å². The Bertz CT molecular complexity index is 714.